The summed E-state index contributed by atoms with van der Waals surface area (Å²) >= 11 is 0. The van der Waals surface area contributed by atoms with Gasteiger partial charge < -0.3 is 5.32 Å². The van der Waals surface area contributed by atoms with E-state index in [1.54, 1.807) is 31.2 Å². The zero-order chi connectivity index (χ0) is 19.1. The largest absolute Gasteiger partial charge is 0.335 e. The number of aryl methyl sites for hydroxylation is 1. The molecule has 3 aromatic rings. The Labute approximate surface area is 149 Å². The van der Waals surface area contributed by atoms with E-state index < -0.39 is 23.1 Å². The molecular weight excluding hydrogens is 338 g/mol. The first-order valence-electron chi connectivity index (χ1n) is 7.81. The highest BCUT2D eigenvalue weighted by Gasteiger charge is 2.23. The minimum absolute atomic E-state index is 0.0788. The quantitative estimate of drug-likeness (QED) is 0.735. The van der Waals surface area contributed by atoms with Crippen LogP contribution in [-0.2, 0) is 0 Å². The molecule has 1 amide bonds. The number of benzene rings is 1. The van der Waals surface area contributed by atoms with Crippen molar-refractivity contribution in [3.63, 3.8) is 0 Å². The first-order valence-corrected chi connectivity index (χ1v) is 7.81. The Balaban J connectivity index is 2.13. The summed E-state index contributed by atoms with van der Waals surface area (Å²) in [5, 5.41) is 2.69. The normalized spacial score (nSPS) is 11.4. The van der Waals surface area contributed by atoms with Crippen LogP contribution in [0.5, 0.6) is 0 Å². The summed E-state index contributed by atoms with van der Waals surface area (Å²) in [7, 11) is 0. The lowest BCUT2D eigenvalue weighted by Gasteiger charge is -2.18. The van der Waals surface area contributed by atoms with Crippen molar-refractivity contribution in [3.8, 4) is 23.6 Å². The molecule has 5 nitrogen and oxygen atoms in total. The molecule has 0 aliphatic heterocycles. The minimum atomic E-state index is -0.856. The molecule has 1 N–H and O–H groups in total. The molecule has 2 aromatic heterocycles. The Morgan fingerprint density at radius 3 is 2.50 bits per heavy atom. The van der Waals surface area contributed by atoms with Gasteiger partial charge in [0.15, 0.2) is 11.3 Å². The molecule has 0 fully saturated rings. The number of fused-ring (bicyclic) bond motifs is 1. The summed E-state index contributed by atoms with van der Waals surface area (Å²) in [6.07, 6.45) is 6.86. The Kier molecular flexibility index (Phi) is 4.20. The molecule has 0 saturated carbocycles. The van der Waals surface area contributed by atoms with Gasteiger partial charge in [0.25, 0.3) is 5.91 Å². The van der Waals surface area contributed by atoms with Gasteiger partial charge in [-0.3, -0.25) is 9.20 Å². The molecule has 0 spiro atoms. The van der Waals surface area contributed by atoms with Crippen LogP contribution < -0.4 is 5.32 Å². The molecule has 0 atom stereocenters. The van der Waals surface area contributed by atoms with Gasteiger partial charge in [-0.1, -0.05) is 5.92 Å². The van der Waals surface area contributed by atoms with Crippen LogP contribution in [0, 0.1) is 30.9 Å². The van der Waals surface area contributed by atoms with Crippen molar-refractivity contribution in [2.45, 2.75) is 26.3 Å². The van der Waals surface area contributed by atoms with Gasteiger partial charge in [0.1, 0.15) is 18.0 Å². The van der Waals surface area contributed by atoms with Gasteiger partial charge in [0.2, 0.25) is 0 Å². The van der Waals surface area contributed by atoms with Gasteiger partial charge in [-0.15, -0.1) is 6.42 Å². The molecule has 0 aliphatic carbocycles. The van der Waals surface area contributed by atoms with E-state index in [0.29, 0.717) is 11.4 Å². The third-order valence-electron chi connectivity index (χ3n) is 3.85. The van der Waals surface area contributed by atoms with Crippen molar-refractivity contribution in [2.24, 2.45) is 0 Å². The fraction of sp³-hybridized carbons (Fsp3) is 0.211. The van der Waals surface area contributed by atoms with Gasteiger partial charge >= 0.3 is 0 Å². The summed E-state index contributed by atoms with van der Waals surface area (Å²) in [6, 6.07) is 4.81. The fourth-order valence-electron chi connectivity index (χ4n) is 2.51. The lowest BCUT2D eigenvalue weighted by molar-refractivity contribution is 0.0927. The van der Waals surface area contributed by atoms with E-state index in [4.69, 9.17) is 6.42 Å². The van der Waals surface area contributed by atoms with Crippen molar-refractivity contribution in [2.75, 3.05) is 0 Å². The molecular formula is C19H16F2N4O. The highest BCUT2D eigenvalue weighted by Crippen LogP contribution is 2.23. The number of nitrogens with one attached hydrogen (secondary N) is 1. The minimum Gasteiger partial charge on any atom is -0.335 e. The number of aromatic nitrogens is 3. The SMILES string of the molecule is C#CC(C)(C)NC(=O)c1ncn2c(C)cc(-c3cc(F)cc(F)c3)nc12. The number of amides is 1. The number of halogens is 2. The zero-order valence-corrected chi connectivity index (χ0v) is 14.5. The number of nitrogens with zero attached hydrogens (tertiary/aromatic N) is 3. The molecule has 0 saturated heterocycles. The number of carbonyl (C=O) groups excluding carboxylic acids is 1. The Morgan fingerprint density at radius 2 is 1.88 bits per heavy atom. The van der Waals surface area contributed by atoms with Crippen LogP contribution in [0.2, 0.25) is 0 Å². The van der Waals surface area contributed by atoms with Crippen LogP contribution in [0.25, 0.3) is 16.9 Å². The van der Waals surface area contributed by atoms with Crippen molar-refractivity contribution in [1.29, 1.82) is 0 Å². The summed E-state index contributed by atoms with van der Waals surface area (Å²) in [5.74, 6) is 0.578. The van der Waals surface area contributed by atoms with Crippen LogP contribution in [0.4, 0.5) is 8.78 Å². The highest BCUT2D eigenvalue weighted by atomic mass is 19.1. The average Bonchev–Trinajstić information content (AvgIpc) is 2.98. The van der Waals surface area contributed by atoms with E-state index in [1.165, 1.54) is 18.5 Å². The van der Waals surface area contributed by atoms with Gasteiger partial charge in [0, 0.05) is 17.3 Å². The van der Waals surface area contributed by atoms with Gasteiger partial charge in [-0.05, 0) is 39.0 Å². The number of terminal acetylenes is 1. The second-order valence-electron chi connectivity index (χ2n) is 6.45. The predicted molar refractivity (Wildman–Crippen MR) is 93.5 cm³/mol. The Hall–Kier alpha value is -3.27. The van der Waals surface area contributed by atoms with Crippen molar-refractivity contribution < 1.29 is 13.6 Å². The topological polar surface area (TPSA) is 59.3 Å². The second kappa shape index (κ2) is 6.23. The summed E-state index contributed by atoms with van der Waals surface area (Å²) in [6.45, 7) is 5.15. The lowest BCUT2D eigenvalue weighted by Crippen LogP contribution is -2.42. The van der Waals surface area contributed by atoms with Crippen molar-refractivity contribution in [3.05, 3.63) is 53.6 Å². The van der Waals surface area contributed by atoms with Crippen LogP contribution >= 0.6 is 0 Å². The standard InChI is InChI=1S/C19H16F2N4O/c1-5-19(3,4)24-18(26)16-17-23-15(6-11(2)25(17)10-22-16)12-7-13(20)9-14(21)8-12/h1,6-10H,2-4H3,(H,24,26). The maximum Gasteiger partial charge on any atom is 0.274 e. The van der Waals surface area contributed by atoms with E-state index in [-0.39, 0.29) is 16.9 Å². The number of carbonyl (C=O) groups is 1. The summed E-state index contributed by atoms with van der Waals surface area (Å²) < 4.78 is 28.7. The molecule has 3 rings (SSSR count). The van der Waals surface area contributed by atoms with Gasteiger partial charge in [-0.2, -0.15) is 0 Å². The molecule has 26 heavy (non-hydrogen) atoms. The van der Waals surface area contributed by atoms with Crippen LogP contribution in [0.15, 0.2) is 30.6 Å². The first kappa shape index (κ1) is 17.5. The first-order chi connectivity index (χ1) is 12.2. The lowest BCUT2D eigenvalue weighted by atomic mass is 10.1. The number of imidazole rings is 1. The molecule has 2 heterocycles. The summed E-state index contributed by atoms with van der Waals surface area (Å²) in [5.41, 5.74) is 0.803. The number of hydrogen-bond acceptors (Lipinski definition) is 3. The maximum absolute atomic E-state index is 13.5. The molecule has 0 bridgehead atoms. The predicted octanol–water partition coefficient (Wildman–Crippen LogP) is 3.12. The molecule has 132 valence electrons. The Morgan fingerprint density at radius 1 is 1.23 bits per heavy atom. The van der Waals surface area contributed by atoms with Crippen molar-refractivity contribution in [1.82, 2.24) is 19.7 Å². The van der Waals surface area contributed by atoms with E-state index in [2.05, 4.69) is 21.2 Å². The molecule has 1 aromatic carbocycles. The van der Waals surface area contributed by atoms with E-state index in [1.807, 2.05) is 0 Å². The van der Waals surface area contributed by atoms with E-state index >= 15 is 0 Å². The third-order valence-corrected chi connectivity index (χ3v) is 3.85. The Bertz CT molecular complexity index is 1040. The van der Waals surface area contributed by atoms with Crippen molar-refractivity contribution >= 4 is 11.6 Å². The third kappa shape index (κ3) is 3.26. The molecule has 0 aliphatic rings. The number of rotatable bonds is 3. The van der Waals surface area contributed by atoms with Crippen LogP contribution in [-0.4, -0.2) is 25.8 Å². The molecule has 0 radical (unpaired) electrons. The average molecular weight is 354 g/mol. The van der Waals surface area contributed by atoms with Crippen LogP contribution in [0.3, 0.4) is 0 Å². The van der Waals surface area contributed by atoms with E-state index in [9.17, 15) is 13.6 Å². The fourth-order valence-corrected chi connectivity index (χ4v) is 2.51. The summed E-state index contributed by atoms with van der Waals surface area (Å²) in [4.78, 5) is 21.0. The highest BCUT2D eigenvalue weighted by molar-refractivity contribution is 5.98. The van der Waals surface area contributed by atoms with Crippen LogP contribution in [0.1, 0.15) is 30.0 Å². The smallest absolute Gasteiger partial charge is 0.274 e. The van der Waals surface area contributed by atoms with Gasteiger partial charge in [-0.25, -0.2) is 18.7 Å². The monoisotopic (exact) mass is 354 g/mol. The maximum atomic E-state index is 13.5. The van der Waals surface area contributed by atoms with Gasteiger partial charge in [0.05, 0.1) is 11.2 Å². The molecule has 0 unspecified atom stereocenters. The second-order valence-corrected chi connectivity index (χ2v) is 6.45. The number of hydrogen-bond donors (Lipinski definition) is 1. The zero-order valence-electron chi connectivity index (χ0n) is 14.5. The van der Waals surface area contributed by atoms with E-state index in [0.717, 1.165) is 6.07 Å². The molecule has 7 heteroatoms.